The van der Waals surface area contributed by atoms with Crippen LogP contribution < -0.4 is 15.5 Å². The number of hydrogen-bond donors (Lipinski definition) is 2. The maximum absolute atomic E-state index is 4.81. The fourth-order valence-electron chi connectivity index (χ4n) is 3.49. The number of nitrogens with zero attached hydrogens (tertiary/aromatic N) is 6. The molecule has 3 heterocycles. The predicted octanol–water partition coefficient (Wildman–Crippen LogP) is 2.65. The van der Waals surface area contributed by atoms with Gasteiger partial charge in [0.1, 0.15) is 11.6 Å². The molecule has 1 aliphatic heterocycles. The Bertz CT molecular complexity index is 974. The summed E-state index contributed by atoms with van der Waals surface area (Å²) in [5.74, 6) is 3.58. The fourth-order valence-corrected chi connectivity index (χ4v) is 3.49. The molecule has 1 aromatic carbocycles. The Labute approximate surface area is 200 Å². The van der Waals surface area contributed by atoms with Gasteiger partial charge in [0, 0.05) is 32.4 Å². The lowest BCUT2D eigenvalue weighted by molar-refractivity contribution is 0.636. The number of aliphatic imine (C=N–C) groups is 1. The Morgan fingerprint density at radius 3 is 2.65 bits per heavy atom. The number of aromatic nitrogens is 4. The van der Waals surface area contributed by atoms with Crippen molar-refractivity contribution in [2.24, 2.45) is 12.0 Å². The smallest absolute Gasteiger partial charge is 0.192 e. The lowest BCUT2D eigenvalue weighted by atomic mass is 10.2. The molecule has 1 atom stereocenters. The number of guanidine groups is 1. The van der Waals surface area contributed by atoms with Gasteiger partial charge in [0.15, 0.2) is 11.8 Å². The van der Waals surface area contributed by atoms with Gasteiger partial charge in [-0.2, -0.15) is 0 Å². The van der Waals surface area contributed by atoms with Crippen molar-refractivity contribution < 1.29 is 0 Å². The Morgan fingerprint density at radius 1 is 1.13 bits per heavy atom. The molecule has 0 radical (unpaired) electrons. The van der Waals surface area contributed by atoms with Crippen LogP contribution in [0.15, 0.2) is 59.7 Å². The van der Waals surface area contributed by atoms with Crippen molar-refractivity contribution in [2.45, 2.75) is 32.5 Å². The third kappa shape index (κ3) is 6.16. The summed E-state index contributed by atoms with van der Waals surface area (Å²) < 4.78 is 1.99. The third-order valence-corrected chi connectivity index (χ3v) is 5.36. The highest BCUT2D eigenvalue weighted by atomic mass is 127. The van der Waals surface area contributed by atoms with Crippen LogP contribution in [0.3, 0.4) is 0 Å². The van der Waals surface area contributed by atoms with E-state index in [0.717, 1.165) is 42.9 Å². The van der Waals surface area contributed by atoms with Gasteiger partial charge >= 0.3 is 0 Å². The number of nitrogens with one attached hydrogen (secondary N) is 2. The minimum Gasteiger partial charge on any atom is -0.354 e. The van der Waals surface area contributed by atoms with E-state index < -0.39 is 0 Å². The van der Waals surface area contributed by atoms with Crippen LogP contribution in [0, 0.1) is 6.92 Å². The van der Waals surface area contributed by atoms with Crippen molar-refractivity contribution in [1.82, 2.24) is 30.4 Å². The van der Waals surface area contributed by atoms with Gasteiger partial charge in [0.2, 0.25) is 0 Å². The van der Waals surface area contributed by atoms with Crippen molar-refractivity contribution in [2.75, 3.05) is 18.0 Å². The summed E-state index contributed by atoms with van der Waals surface area (Å²) in [5, 5.41) is 15.4. The summed E-state index contributed by atoms with van der Waals surface area (Å²) in [6, 6.07) is 16.6. The molecule has 0 amide bonds. The molecule has 4 rings (SSSR count). The first-order chi connectivity index (χ1) is 14.7. The Hall–Kier alpha value is -2.69. The molecule has 2 aromatic heterocycles. The number of benzene rings is 1. The van der Waals surface area contributed by atoms with Gasteiger partial charge in [0.25, 0.3) is 0 Å². The second kappa shape index (κ2) is 11.1. The molecular weight excluding hydrogens is 503 g/mol. The van der Waals surface area contributed by atoms with Crippen molar-refractivity contribution in [3.63, 3.8) is 0 Å². The van der Waals surface area contributed by atoms with Crippen LogP contribution in [0.1, 0.15) is 23.6 Å². The summed E-state index contributed by atoms with van der Waals surface area (Å²) in [6.45, 7) is 5.00. The van der Waals surface area contributed by atoms with Gasteiger partial charge in [0.05, 0.1) is 13.1 Å². The zero-order valence-corrected chi connectivity index (χ0v) is 20.2. The second-order valence-electron chi connectivity index (χ2n) is 7.49. The average Bonchev–Trinajstić information content (AvgIpc) is 3.38. The molecule has 0 saturated carbocycles. The zero-order chi connectivity index (χ0) is 20.8. The highest BCUT2D eigenvalue weighted by Gasteiger charge is 2.24. The van der Waals surface area contributed by atoms with Crippen molar-refractivity contribution in [1.29, 1.82) is 0 Å². The van der Waals surface area contributed by atoms with Gasteiger partial charge < -0.3 is 20.1 Å². The van der Waals surface area contributed by atoms with Crippen LogP contribution in [-0.4, -0.2) is 44.8 Å². The maximum atomic E-state index is 4.81. The van der Waals surface area contributed by atoms with Gasteiger partial charge in [-0.25, -0.2) is 9.98 Å². The summed E-state index contributed by atoms with van der Waals surface area (Å²) >= 11 is 0. The molecule has 0 aliphatic carbocycles. The van der Waals surface area contributed by atoms with Gasteiger partial charge in [-0.1, -0.05) is 36.4 Å². The van der Waals surface area contributed by atoms with E-state index in [1.807, 2.05) is 55.1 Å². The highest BCUT2D eigenvalue weighted by molar-refractivity contribution is 14.0. The molecule has 1 aliphatic rings. The first-order valence-corrected chi connectivity index (χ1v) is 10.3. The molecule has 164 valence electrons. The summed E-state index contributed by atoms with van der Waals surface area (Å²) in [5.41, 5.74) is 1.18. The largest absolute Gasteiger partial charge is 0.354 e. The van der Waals surface area contributed by atoms with Crippen LogP contribution >= 0.6 is 24.0 Å². The number of aryl methyl sites for hydroxylation is 1. The van der Waals surface area contributed by atoms with E-state index in [9.17, 15) is 0 Å². The minimum atomic E-state index is 0. The van der Waals surface area contributed by atoms with Crippen LogP contribution in [-0.2, 0) is 20.1 Å². The molecule has 0 bridgehead atoms. The summed E-state index contributed by atoms with van der Waals surface area (Å²) in [4.78, 5) is 11.6. The van der Waals surface area contributed by atoms with Crippen molar-refractivity contribution in [3.05, 3.63) is 71.9 Å². The zero-order valence-electron chi connectivity index (χ0n) is 17.9. The molecule has 0 spiro atoms. The molecule has 3 aromatic rings. The topological polar surface area (TPSA) is 83.3 Å². The lowest BCUT2D eigenvalue weighted by Gasteiger charge is -2.20. The Kier molecular flexibility index (Phi) is 8.21. The van der Waals surface area contributed by atoms with E-state index in [1.54, 1.807) is 0 Å². The molecule has 1 saturated heterocycles. The molecular formula is C22H29IN8. The number of halogens is 1. The van der Waals surface area contributed by atoms with Crippen molar-refractivity contribution >= 4 is 35.8 Å². The van der Waals surface area contributed by atoms with E-state index in [-0.39, 0.29) is 24.0 Å². The van der Waals surface area contributed by atoms with Crippen LogP contribution in [0.5, 0.6) is 0 Å². The molecule has 9 heteroatoms. The molecule has 31 heavy (non-hydrogen) atoms. The standard InChI is InChI=1S/C22H28N8.HI/c1-17-27-28-21(29(17)2)15-25-22(24-14-18-8-4-3-5-9-18)26-19-11-13-30(16-19)20-10-6-7-12-23-20;/h3-10,12,19H,11,13-16H2,1-2H3,(H2,24,25,26);1H. The number of hydrogen-bond acceptors (Lipinski definition) is 5. The van der Waals surface area contributed by atoms with E-state index in [0.29, 0.717) is 19.1 Å². The quantitative estimate of drug-likeness (QED) is 0.289. The lowest BCUT2D eigenvalue weighted by Crippen LogP contribution is -2.44. The van der Waals surface area contributed by atoms with Crippen LogP contribution in [0.2, 0.25) is 0 Å². The van der Waals surface area contributed by atoms with Crippen LogP contribution in [0.4, 0.5) is 5.82 Å². The van der Waals surface area contributed by atoms with E-state index in [4.69, 9.17) is 4.99 Å². The number of pyridine rings is 1. The average molecular weight is 532 g/mol. The maximum Gasteiger partial charge on any atom is 0.192 e. The fraction of sp³-hybridized carbons (Fsp3) is 0.364. The molecule has 2 N–H and O–H groups in total. The first-order valence-electron chi connectivity index (χ1n) is 10.3. The minimum absolute atomic E-state index is 0. The number of anilines is 1. The Balaban J connectivity index is 0.00000272. The van der Waals surface area contributed by atoms with E-state index in [2.05, 4.69) is 48.9 Å². The summed E-state index contributed by atoms with van der Waals surface area (Å²) in [7, 11) is 1.97. The number of rotatable bonds is 6. The van der Waals surface area contributed by atoms with E-state index >= 15 is 0 Å². The van der Waals surface area contributed by atoms with Gasteiger partial charge in [-0.05, 0) is 31.0 Å². The van der Waals surface area contributed by atoms with Crippen LogP contribution in [0.25, 0.3) is 0 Å². The molecule has 1 fully saturated rings. The Morgan fingerprint density at radius 2 is 1.94 bits per heavy atom. The third-order valence-electron chi connectivity index (χ3n) is 5.36. The first kappa shape index (κ1) is 23.0. The van der Waals surface area contributed by atoms with Gasteiger partial charge in [-0.15, -0.1) is 34.2 Å². The van der Waals surface area contributed by atoms with E-state index in [1.165, 1.54) is 5.56 Å². The normalized spacial score (nSPS) is 16.1. The van der Waals surface area contributed by atoms with Gasteiger partial charge in [-0.3, -0.25) is 0 Å². The highest BCUT2D eigenvalue weighted by Crippen LogP contribution is 2.17. The second-order valence-corrected chi connectivity index (χ2v) is 7.49. The molecule has 1 unspecified atom stereocenters. The summed E-state index contributed by atoms with van der Waals surface area (Å²) in [6.07, 6.45) is 2.87. The monoisotopic (exact) mass is 532 g/mol. The van der Waals surface area contributed by atoms with Crippen molar-refractivity contribution in [3.8, 4) is 0 Å². The molecule has 8 nitrogen and oxygen atoms in total. The SMILES string of the molecule is Cc1nnc(CNC(=NCc2ccccc2)NC2CCN(c3ccccn3)C2)n1C.I. The predicted molar refractivity (Wildman–Crippen MR) is 134 cm³/mol.